The zero-order chi connectivity index (χ0) is 24.0. The molecule has 1 amide bonds. The van der Waals surface area contributed by atoms with Crippen molar-refractivity contribution in [2.24, 2.45) is 10.2 Å². The number of hydrogen-bond donors (Lipinski definition) is 1. The van der Waals surface area contributed by atoms with Crippen LogP contribution in [0, 0.1) is 27.2 Å². The van der Waals surface area contributed by atoms with Crippen molar-refractivity contribution >= 4 is 34.6 Å². The fourth-order valence-electron chi connectivity index (χ4n) is 2.68. The van der Waals surface area contributed by atoms with Crippen LogP contribution in [0.5, 0.6) is 0 Å². The predicted octanol–water partition coefficient (Wildman–Crippen LogP) is 4.92. The molecule has 3 aromatic rings. The molecule has 0 unspecified atom stereocenters. The Bertz CT molecular complexity index is 1270. The molecule has 0 atom stereocenters. The highest BCUT2D eigenvalue weighted by molar-refractivity contribution is 5.96. The average molecular weight is 449 g/mol. The van der Waals surface area contributed by atoms with Gasteiger partial charge in [0, 0.05) is 11.6 Å². The number of carbonyl (C=O) groups is 2. The third-order valence-electron chi connectivity index (χ3n) is 4.37. The molecule has 33 heavy (non-hydrogen) atoms. The molecule has 0 aliphatic rings. The number of aryl methyl sites for hydroxylation is 1. The molecule has 0 aliphatic carbocycles. The number of benzene rings is 3. The summed E-state index contributed by atoms with van der Waals surface area (Å²) < 4.78 is 0. The van der Waals surface area contributed by atoms with E-state index in [2.05, 4.69) is 15.7 Å². The first-order chi connectivity index (χ1) is 15.8. The normalized spacial score (nSPS) is 10.6. The van der Waals surface area contributed by atoms with Crippen molar-refractivity contribution in [3.05, 3.63) is 104 Å². The van der Waals surface area contributed by atoms with Gasteiger partial charge in [-0.15, -0.1) is 10.2 Å². The Labute approximate surface area is 185 Å². The molecular formula is C21H15N5O7. The lowest BCUT2D eigenvalue weighted by atomic mass is 10.1. The van der Waals surface area contributed by atoms with Crippen LogP contribution in [0.1, 0.15) is 26.3 Å². The number of nitrogens with zero attached hydrogens (tertiary/aromatic N) is 4. The van der Waals surface area contributed by atoms with Gasteiger partial charge in [-0.1, -0.05) is 18.2 Å². The number of nitrogens with one attached hydrogen (secondary N) is 1. The van der Waals surface area contributed by atoms with Crippen LogP contribution in [0.3, 0.4) is 0 Å². The summed E-state index contributed by atoms with van der Waals surface area (Å²) >= 11 is 0. The van der Waals surface area contributed by atoms with Crippen molar-refractivity contribution in [2.45, 2.75) is 6.92 Å². The molecule has 12 nitrogen and oxygen atoms in total. The van der Waals surface area contributed by atoms with Crippen molar-refractivity contribution in [1.82, 2.24) is 0 Å². The highest BCUT2D eigenvalue weighted by atomic mass is 16.7. The van der Waals surface area contributed by atoms with Crippen molar-refractivity contribution in [3.63, 3.8) is 0 Å². The van der Waals surface area contributed by atoms with Gasteiger partial charge < -0.3 is 4.84 Å². The first-order valence-corrected chi connectivity index (χ1v) is 9.28. The van der Waals surface area contributed by atoms with E-state index in [0.29, 0.717) is 23.0 Å². The van der Waals surface area contributed by atoms with Gasteiger partial charge in [-0.2, -0.15) is 0 Å². The van der Waals surface area contributed by atoms with E-state index in [1.807, 2.05) is 6.07 Å². The first kappa shape index (κ1) is 22.7. The Kier molecular flexibility index (Phi) is 6.78. The SMILES string of the molecule is Cc1ccccc1C(=O)N=Nc1ccc(NOC(=O)c2ccc([N+](=O)[O-])cc2[N+](=O)[O-])cc1. The van der Waals surface area contributed by atoms with Crippen molar-refractivity contribution in [2.75, 3.05) is 5.48 Å². The Morgan fingerprint density at radius 2 is 1.61 bits per heavy atom. The van der Waals surface area contributed by atoms with Gasteiger partial charge in [-0.05, 0) is 48.9 Å². The number of nitro groups is 2. The summed E-state index contributed by atoms with van der Waals surface area (Å²) in [5.74, 6) is -1.60. The summed E-state index contributed by atoms with van der Waals surface area (Å²) in [4.78, 5) is 49.4. The van der Waals surface area contributed by atoms with E-state index in [4.69, 9.17) is 4.84 Å². The smallest absolute Gasteiger partial charge is 0.338 e. The van der Waals surface area contributed by atoms with Crippen molar-refractivity contribution < 1.29 is 24.3 Å². The van der Waals surface area contributed by atoms with Crippen LogP contribution < -0.4 is 5.48 Å². The lowest BCUT2D eigenvalue weighted by Crippen LogP contribution is -2.12. The van der Waals surface area contributed by atoms with Gasteiger partial charge in [0.1, 0.15) is 5.56 Å². The molecule has 0 heterocycles. The van der Waals surface area contributed by atoms with E-state index < -0.39 is 38.7 Å². The second-order valence-corrected chi connectivity index (χ2v) is 6.57. The molecule has 0 spiro atoms. The van der Waals surface area contributed by atoms with Gasteiger partial charge in [-0.25, -0.2) is 10.3 Å². The summed E-state index contributed by atoms with van der Waals surface area (Å²) in [6.45, 7) is 1.79. The Morgan fingerprint density at radius 3 is 2.24 bits per heavy atom. The van der Waals surface area contributed by atoms with Crippen LogP contribution in [0.25, 0.3) is 0 Å². The van der Waals surface area contributed by atoms with Gasteiger partial charge in [0.15, 0.2) is 0 Å². The molecule has 0 aliphatic heterocycles. The minimum absolute atomic E-state index is 0.303. The van der Waals surface area contributed by atoms with Crippen LogP contribution in [-0.4, -0.2) is 21.7 Å². The molecule has 0 saturated heterocycles. The average Bonchev–Trinajstić information content (AvgIpc) is 2.81. The topological polar surface area (TPSA) is 166 Å². The van der Waals surface area contributed by atoms with Gasteiger partial charge in [0.2, 0.25) is 0 Å². The van der Waals surface area contributed by atoms with Crippen LogP contribution in [-0.2, 0) is 4.84 Å². The number of amides is 1. The molecule has 0 fully saturated rings. The molecule has 1 N–H and O–H groups in total. The first-order valence-electron chi connectivity index (χ1n) is 9.28. The third kappa shape index (κ3) is 5.58. The molecule has 3 aromatic carbocycles. The highest BCUT2D eigenvalue weighted by Gasteiger charge is 2.25. The van der Waals surface area contributed by atoms with Crippen LogP contribution in [0.15, 0.2) is 77.0 Å². The minimum Gasteiger partial charge on any atom is -0.338 e. The molecule has 0 aromatic heterocycles. The number of hydrogen-bond acceptors (Lipinski definition) is 9. The summed E-state index contributed by atoms with van der Waals surface area (Å²) in [5.41, 5.74) is 2.45. The standard InChI is InChI=1S/C21H15N5O7/c1-13-4-2-3-5-17(13)20(27)23-22-14-6-8-15(9-7-14)24-33-21(28)18-11-10-16(25(29)30)12-19(18)26(31)32/h2-12,24H,1H3. The molecule has 166 valence electrons. The zero-order valence-corrected chi connectivity index (χ0v) is 17.0. The molecule has 0 bridgehead atoms. The second-order valence-electron chi connectivity index (χ2n) is 6.57. The maximum absolute atomic E-state index is 12.2. The van der Waals surface area contributed by atoms with Crippen molar-refractivity contribution in [3.8, 4) is 0 Å². The molecule has 12 heteroatoms. The van der Waals surface area contributed by atoms with Crippen LogP contribution >= 0.6 is 0 Å². The number of azo groups is 1. The quantitative estimate of drug-likeness (QED) is 0.301. The molecule has 3 rings (SSSR count). The molecule has 0 saturated carbocycles. The maximum Gasteiger partial charge on any atom is 0.369 e. The number of rotatable bonds is 7. The molecule has 0 radical (unpaired) electrons. The van der Waals surface area contributed by atoms with E-state index >= 15 is 0 Å². The lowest BCUT2D eigenvalue weighted by Gasteiger charge is -2.07. The van der Waals surface area contributed by atoms with Crippen LogP contribution in [0.2, 0.25) is 0 Å². The predicted molar refractivity (Wildman–Crippen MR) is 115 cm³/mol. The van der Waals surface area contributed by atoms with Gasteiger partial charge in [0.25, 0.3) is 17.3 Å². The largest absolute Gasteiger partial charge is 0.369 e. The number of non-ortho nitro benzene ring substituents is 1. The maximum atomic E-state index is 12.2. The summed E-state index contributed by atoms with van der Waals surface area (Å²) in [7, 11) is 0. The Hall–Kier alpha value is -5.00. The van der Waals surface area contributed by atoms with Crippen molar-refractivity contribution in [1.29, 1.82) is 0 Å². The number of anilines is 1. The van der Waals surface area contributed by atoms with Gasteiger partial charge in [-0.3, -0.25) is 25.0 Å². The van der Waals surface area contributed by atoms with E-state index in [9.17, 15) is 29.8 Å². The van der Waals surface area contributed by atoms with E-state index in [0.717, 1.165) is 17.7 Å². The lowest BCUT2D eigenvalue weighted by molar-refractivity contribution is -0.394. The van der Waals surface area contributed by atoms with E-state index in [1.165, 1.54) is 24.3 Å². The Morgan fingerprint density at radius 1 is 0.909 bits per heavy atom. The van der Waals surface area contributed by atoms with Crippen LogP contribution in [0.4, 0.5) is 22.7 Å². The second kappa shape index (κ2) is 9.87. The summed E-state index contributed by atoms with van der Waals surface area (Å²) in [5, 5.41) is 29.5. The minimum atomic E-state index is -1.11. The molecular weight excluding hydrogens is 434 g/mol. The third-order valence-corrected chi connectivity index (χ3v) is 4.37. The van der Waals surface area contributed by atoms with E-state index in [-0.39, 0.29) is 0 Å². The highest BCUT2D eigenvalue weighted by Crippen LogP contribution is 2.25. The van der Waals surface area contributed by atoms with Gasteiger partial charge in [0.05, 0.1) is 27.3 Å². The zero-order valence-electron chi connectivity index (χ0n) is 17.0. The monoisotopic (exact) mass is 449 g/mol. The summed E-state index contributed by atoms with van der Waals surface area (Å²) in [6.07, 6.45) is 0. The van der Waals surface area contributed by atoms with Gasteiger partial charge >= 0.3 is 5.97 Å². The number of carbonyl (C=O) groups excluding carboxylic acids is 2. The fourth-order valence-corrected chi connectivity index (χ4v) is 2.68. The summed E-state index contributed by atoms with van der Waals surface area (Å²) in [6, 6.07) is 15.5. The van der Waals surface area contributed by atoms with E-state index in [1.54, 1.807) is 25.1 Å². The Balaban J connectivity index is 1.64. The number of nitro benzene ring substituents is 2. The fraction of sp³-hybridized carbons (Fsp3) is 0.0476.